The number of carbonyl (C=O) groups is 1. The molecule has 0 saturated carbocycles. The highest BCUT2D eigenvalue weighted by Crippen LogP contribution is 2.30. The molecule has 2 aliphatic heterocycles. The molecule has 0 aromatic heterocycles. The Morgan fingerprint density at radius 3 is 2.78 bits per heavy atom. The van der Waals surface area contributed by atoms with Gasteiger partial charge >= 0.3 is 0 Å². The Bertz CT molecular complexity index is 557. The van der Waals surface area contributed by atoms with E-state index in [-0.39, 0.29) is 23.9 Å². The Kier molecular flexibility index (Phi) is 5.21. The topological polar surface area (TPSA) is 70.4 Å². The third-order valence-electron chi connectivity index (χ3n) is 5.10. The maximum Gasteiger partial charge on any atom is 0.229 e. The Morgan fingerprint density at radius 1 is 1.39 bits per heavy atom. The zero-order valence-corrected chi connectivity index (χ0v) is 14.2. The first kappa shape index (κ1) is 16.7. The summed E-state index contributed by atoms with van der Waals surface area (Å²) < 4.78 is 0. The van der Waals surface area contributed by atoms with Gasteiger partial charge in [0.2, 0.25) is 5.91 Å². The second-order valence-corrected chi connectivity index (χ2v) is 7.12. The van der Waals surface area contributed by atoms with Crippen molar-refractivity contribution in [2.24, 2.45) is 17.6 Å². The van der Waals surface area contributed by atoms with Crippen LogP contribution < -0.4 is 16.6 Å². The normalized spacial score (nSPS) is 27.2. The molecule has 4 N–H and O–H groups in total. The molecule has 3 atom stereocenters. The first-order valence-corrected chi connectivity index (χ1v) is 8.72. The van der Waals surface area contributed by atoms with Gasteiger partial charge in [-0.05, 0) is 43.4 Å². The number of nitrogens with one attached hydrogen (secondary N) is 2. The number of amides is 1. The molecule has 0 aliphatic carbocycles. The van der Waals surface area contributed by atoms with Crippen LogP contribution in [-0.2, 0) is 4.79 Å². The predicted octanol–water partition coefficient (Wildman–Crippen LogP) is 1.69. The number of piperidine rings is 1. The van der Waals surface area contributed by atoms with Crippen LogP contribution in [0.25, 0.3) is 0 Å². The summed E-state index contributed by atoms with van der Waals surface area (Å²) >= 11 is 6.09. The van der Waals surface area contributed by atoms with E-state index in [0.29, 0.717) is 17.5 Å². The number of hydrogen-bond donors (Lipinski definition) is 3. The minimum absolute atomic E-state index is 0.0349. The number of carbonyl (C=O) groups excluding carboxylic acids is 1. The Morgan fingerprint density at radius 2 is 2.13 bits per heavy atom. The molecule has 6 heteroatoms. The third kappa shape index (κ3) is 3.69. The number of rotatable bonds is 3. The van der Waals surface area contributed by atoms with Crippen molar-refractivity contribution in [3.05, 3.63) is 34.9 Å². The van der Waals surface area contributed by atoms with E-state index in [1.165, 1.54) is 0 Å². The minimum atomic E-state index is -0.0969. The Balaban J connectivity index is 1.67. The summed E-state index contributed by atoms with van der Waals surface area (Å²) in [5.74, 6) is 0.651. The van der Waals surface area contributed by atoms with E-state index in [1.54, 1.807) is 0 Å². The van der Waals surface area contributed by atoms with Crippen molar-refractivity contribution in [3.8, 4) is 0 Å². The van der Waals surface area contributed by atoms with Crippen molar-refractivity contribution in [1.29, 1.82) is 0 Å². The number of hydrazine groups is 1. The van der Waals surface area contributed by atoms with E-state index in [4.69, 9.17) is 17.3 Å². The minimum Gasteiger partial charge on any atom is -0.342 e. The van der Waals surface area contributed by atoms with Gasteiger partial charge in [0.1, 0.15) is 0 Å². The van der Waals surface area contributed by atoms with Gasteiger partial charge in [-0.3, -0.25) is 10.2 Å². The molecule has 2 aliphatic rings. The molecule has 5 nitrogen and oxygen atoms in total. The van der Waals surface area contributed by atoms with Gasteiger partial charge < -0.3 is 10.6 Å². The smallest absolute Gasteiger partial charge is 0.229 e. The number of nitrogens with two attached hydrogens (primary N) is 1. The predicted molar refractivity (Wildman–Crippen MR) is 91.8 cm³/mol. The summed E-state index contributed by atoms with van der Waals surface area (Å²) in [6, 6.07) is 7.89. The molecule has 2 fully saturated rings. The quantitative estimate of drug-likeness (QED) is 0.785. The molecular weight excluding hydrogens is 312 g/mol. The van der Waals surface area contributed by atoms with Gasteiger partial charge in [0.25, 0.3) is 0 Å². The standard InChI is InChI=1S/C17H25ClN4O/c1-11(19)12-5-7-22(8-6-12)17(23)15-10-20-21-16(15)13-3-2-4-14(18)9-13/h2-4,9,11-12,15-16,20-21H,5-8,10,19H2,1H3. The molecule has 1 amide bonds. The summed E-state index contributed by atoms with van der Waals surface area (Å²) in [5, 5.41) is 0.695. The first-order valence-electron chi connectivity index (χ1n) is 8.34. The van der Waals surface area contributed by atoms with Gasteiger partial charge in [0.05, 0.1) is 12.0 Å². The second kappa shape index (κ2) is 7.18. The molecule has 0 bridgehead atoms. The lowest BCUT2D eigenvalue weighted by Crippen LogP contribution is -2.46. The molecule has 1 aromatic carbocycles. The van der Waals surface area contributed by atoms with Gasteiger partial charge in [0.15, 0.2) is 0 Å². The Hall–Kier alpha value is -1.14. The van der Waals surface area contributed by atoms with Crippen molar-refractivity contribution in [3.63, 3.8) is 0 Å². The van der Waals surface area contributed by atoms with E-state index in [1.807, 2.05) is 29.2 Å². The fourth-order valence-electron chi connectivity index (χ4n) is 3.62. The van der Waals surface area contributed by atoms with Crippen LogP contribution in [0.15, 0.2) is 24.3 Å². The van der Waals surface area contributed by atoms with E-state index in [9.17, 15) is 4.79 Å². The highest BCUT2D eigenvalue weighted by molar-refractivity contribution is 6.30. The zero-order valence-electron chi connectivity index (χ0n) is 13.5. The van der Waals surface area contributed by atoms with Crippen LogP contribution >= 0.6 is 11.6 Å². The zero-order chi connectivity index (χ0) is 16.4. The van der Waals surface area contributed by atoms with Crippen LogP contribution in [0.2, 0.25) is 5.02 Å². The average molecular weight is 337 g/mol. The van der Waals surface area contributed by atoms with E-state index >= 15 is 0 Å². The lowest BCUT2D eigenvalue weighted by Gasteiger charge is -2.35. The Labute approximate surface area is 142 Å². The lowest BCUT2D eigenvalue weighted by atomic mass is 9.89. The summed E-state index contributed by atoms with van der Waals surface area (Å²) in [4.78, 5) is 14.9. The molecule has 2 heterocycles. The van der Waals surface area contributed by atoms with Crippen molar-refractivity contribution in [2.75, 3.05) is 19.6 Å². The van der Waals surface area contributed by atoms with Crippen LogP contribution in [0.4, 0.5) is 0 Å². The number of benzene rings is 1. The highest BCUT2D eigenvalue weighted by Gasteiger charge is 2.37. The monoisotopic (exact) mass is 336 g/mol. The molecule has 0 radical (unpaired) electrons. The van der Waals surface area contributed by atoms with Gasteiger partial charge in [-0.2, -0.15) is 0 Å². The number of nitrogens with zero attached hydrogens (tertiary/aromatic N) is 1. The van der Waals surface area contributed by atoms with Crippen LogP contribution in [0.3, 0.4) is 0 Å². The second-order valence-electron chi connectivity index (χ2n) is 6.69. The van der Waals surface area contributed by atoms with Gasteiger partial charge in [-0.25, -0.2) is 5.43 Å². The van der Waals surface area contributed by atoms with E-state index < -0.39 is 0 Å². The number of hydrogen-bond acceptors (Lipinski definition) is 4. The van der Waals surface area contributed by atoms with Crippen molar-refractivity contribution in [1.82, 2.24) is 15.8 Å². The van der Waals surface area contributed by atoms with Crippen molar-refractivity contribution in [2.45, 2.75) is 31.8 Å². The molecule has 126 valence electrons. The molecule has 2 saturated heterocycles. The van der Waals surface area contributed by atoms with Crippen LogP contribution in [0.1, 0.15) is 31.4 Å². The van der Waals surface area contributed by atoms with E-state index in [2.05, 4.69) is 17.8 Å². The largest absolute Gasteiger partial charge is 0.342 e. The molecule has 3 unspecified atom stereocenters. The SMILES string of the molecule is CC(N)C1CCN(C(=O)C2CNNC2c2cccc(Cl)c2)CC1. The molecular formula is C17H25ClN4O. The fourth-order valence-corrected chi connectivity index (χ4v) is 3.82. The highest BCUT2D eigenvalue weighted by atomic mass is 35.5. The average Bonchev–Trinajstić information content (AvgIpc) is 3.04. The van der Waals surface area contributed by atoms with Gasteiger partial charge in [-0.1, -0.05) is 23.7 Å². The van der Waals surface area contributed by atoms with Crippen LogP contribution in [-0.4, -0.2) is 36.5 Å². The maximum absolute atomic E-state index is 12.9. The van der Waals surface area contributed by atoms with Gasteiger partial charge in [-0.15, -0.1) is 0 Å². The molecule has 0 spiro atoms. The summed E-state index contributed by atoms with van der Waals surface area (Å²) in [7, 11) is 0. The first-order chi connectivity index (χ1) is 11.1. The molecule has 1 aromatic rings. The number of likely N-dealkylation sites (tertiary alicyclic amines) is 1. The lowest BCUT2D eigenvalue weighted by molar-refractivity contribution is -0.137. The summed E-state index contributed by atoms with van der Waals surface area (Å²) in [5.41, 5.74) is 13.4. The number of halogens is 1. The van der Waals surface area contributed by atoms with Crippen LogP contribution in [0, 0.1) is 11.8 Å². The third-order valence-corrected chi connectivity index (χ3v) is 5.34. The fraction of sp³-hybridized carbons (Fsp3) is 0.588. The van der Waals surface area contributed by atoms with Crippen molar-refractivity contribution < 1.29 is 4.79 Å². The molecule has 23 heavy (non-hydrogen) atoms. The van der Waals surface area contributed by atoms with Gasteiger partial charge in [0, 0.05) is 30.7 Å². The molecule has 3 rings (SSSR count). The van der Waals surface area contributed by atoms with Crippen molar-refractivity contribution >= 4 is 17.5 Å². The summed E-state index contributed by atoms with van der Waals surface area (Å²) in [6.45, 7) is 4.32. The van der Waals surface area contributed by atoms with E-state index in [0.717, 1.165) is 31.5 Å². The summed E-state index contributed by atoms with van der Waals surface area (Å²) in [6.07, 6.45) is 2.00. The maximum atomic E-state index is 12.9. The van der Waals surface area contributed by atoms with Crippen LogP contribution in [0.5, 0.6) is 0 Å².